The number of ether oxygens (including phenoxy) is 1. The third-order valence-corrected chi connectivity index (χ3v) is 2.98. The van der Waals surface area contributed by atoms with Crippen molar-refractivity contribution in [3.05, 3.63) is 33.9 Å². The minimum atomic E-state index is -0.398. The Kier molecular flexibility index (Phi) is 3.58. The van der Waals surface area contributed by atoms with E-state index in [1.165, 1.54) is 6.07 Å². The standard InChI is InChI=1S/C12H16N2O3/c1-9-4-2-6-11(14(15)16)12(9)17-8-10-5-3-7-13-10/h2,4,6,10,13H,3,5,7-8H2,1H3/t10-/m1/s1. The van der Waals surface area contributed by atoms with E-state index >= 15 is 0 Å². The van der Waals surface area contributed by atoms with Crippen molar-refractivity contribution in [3.8, 4) is 5.75 Å². The van der Waals surface area contributed by atoms with Crippen LogP contribution >= 0.6 is 0 Å². The molecule has 1 aliphatic heterocycles. The van der Waals surface area contributed by atoms with Gasteiger partial charge in [0.15, 0.2) is 5.75 Å². The van der Waals surface area contributed by atoms with Gasteiger partial charge in [0.1, 0.15) is 6.61 Å². The lowest BCUT2D eigenvalue weighted by Crippen LogP contribution is -2.28. The highest BCUT2D eigenvalue weighted by Crippen LogP contribution is 2.30. The lowest BCUT2D eigenvalue weighted by atomic mass is 10.2. The molecule has 1 fully saturated rings. The molecule has 17 heavy (non-hydrogen) atoms. The van der Waals surface area contributed by atoms with Crippen molar-refractivity contribution in [2.24, 2.45) is 0 Å². The predicted octanol–water partition coefficient (Wildman–Crippen LogP) is 2.03. The molecule has 5 nitrogen and oxygen atoms in total. The molecule has 0 amide bonds. The molecule has 1 aliphatic rings. The molecular formula is C12H16N2O3. The van der Waals surface area contributed by atoms with Crippen LogP contribution in [0.1, 0.15) is 18.4 Å². The number of nitro benzene ring substituents is 1. The Morgan fingerprint density at radius 2 is 2.41 bits per heavy atom. The normalized spacial score (nSPS) is 19.2. The molecule has 0 aromatic heterocycles. The molecule has 0 bridgehead atoms. The molecule has 5 heteroatoms. The third-order valence-electron chi connectivity index (χ3n) is 2.98. The number of para-hydroxylation sites is 1. The van der Waals surface area contributed by atoms with Gasteiger partial charge in [0.05, 0.1) is 4.92 Å². The highest BCUT2D eigenvalue weighted by molar-refractivity contribution is 5.51. The second-order valence-corrected chi connectivity index (χ2v) is 4.28. The molecule has 1 atom stereocenters. The molecule has 0 unspecified atom stereocenters. The Balaban J connectivity index is 2.10. The molecule has 1 aromatic carbocycles. The summed E-state index contributed by atoms with van der Waals surface area (Å²) in [5.74, 6) is 0.395. The largest absolute Gasteiger partial charge is 0.485 e. The summed E-state index contributed by atoms with van der Waals surface area (Å²) in [7, 11) is 0. The maximum Gasteiger partial charge on any atom is 0.311 e. The number of rotatable bonds is 4. The third kappa shape index (κ3) is 2.74. The molecule has 2 rings (SSSR count). The Morgan fingerprint density at radius 3 is 3.06 bits per heavy atom. The van der Waals surface area contributed by atoms with Crippen LogP contribution in [0.4, 0.5) is 5.69 Å². The van der Waals surface area contributed by atoms with Crippen LogP contribution in [0.15, 0.2) is 18.2 Å². The molecule has 1 saturated heterocycles. The van der Waals surface area contributed by atoms with Gasteiger partial charge in [-0.3, -0.25) is 10.1 Å². The van der Waals surface area contributed by atoms with Crippen LogP contribution in [0, 0.1) is 17.0 Å². The van der Waals surface area contributed by atoms with E-state index in [-0.39, 0.29) is 5.69 Å². The molecular weight excluding hydrogens is 220 g/mol. The van der Waals surface area contributed by atoms with Crippen LogP contribution in [0.2, 0.25) is 0 Å². The number of hydrogen-bond acceptors (Lipinski definition) is 4. The van der Waals surface area contributed by atoms with Crippen LogP contribution in [0.25, 0.3) is 0 Å². The van der Waals surface area contributed by atoms with Crippen LogP contribution in [-0.2, 0) is 0 Å². The van der Waals surface area contributed by atoms with Gasteiger partial charge in [0.2, 0.25) is 0 Å². The van der Waals surface area contributed by atoms with Gasteiger partial charge in [-0.2, -0.15) is 0 Å². The van der Waals surface area contributed by atoms with Crippen molar-refractivity contribution >= 4 is 5.69 Å². The SMILES string of the molecule is Cc1cccc([N+](=O)[O-])c1OC[C@H]1CCCN1. The smallest absolute Gasteiger partial charge is 0.311 e. The minimum Gasteiger partial charge on any atom is -0.485 e. The van der Waals surface area contributed by atoms with Gasteiger partial charge >= 0.3 is 5.69 Å². The van der Waals surface area contributed by atoms with Gasteiger partial charge in [0.25, 0.3) is 0 Å². The second-order valence-electron chi connectivity index (χ2n) is 4.28. The zero-order valence-electron chi connectivity index (χ0n) is 9.81. The van der Waals surface area contributed by atoms with Gasteiger partial charge in [-0.25, -0.2) is 0 Å². The van der Waals surface area contributed by atoms with E-state index in [9.17, 15) is 10.1 Å². The van der Waals surface area contributed by atoms with Crippen molar-refractivity contribution in [1.29, 1.82) is 0 Å². The molecule has 1 N–H and O–H groups in total. The van der Waals surface area contributed by atoms with Crippen molar-refractivity contribution in [2.75, 3.05) is 13.2 Å². The Bertz CT molecular complexity index is 414. The maximum atomic E-state index is 10.9. The molecule has 0 radical (unpaired) electrons. The van der Waals surface area contributed by atoms with Crippen LogP contribution in [-0.4, -0.2) is 24.1 Å². The second kappa shape index (κ2) is 5.14. The number of benzene rings is 1. The van der Waals surface area contributed by atoms with Gasteiger partial charge in [0, 0.05) is 12.1 Å². The highest BCUT2D eigenvalue weighted by atomic mass is 16.6. The van der Waals surface area contributed by atoms with Crippen LogP contribution in [0.3, 0.4) is 0 Å². The number of nitrogens with one attached hydrogen (secondary N) is 1. The molecule has 1 heterocycles. The predicted molar refractivity (Wildman–Crippen MR) is 64.4 cm³/mol. The first-order chi connectivity index (χ1) is 8.18. The van der Waals surface area contributed by atoms with Gasteiger partial charge in [-0.1, -0.05) is 12.1 Å². The first kappa shape index (κ1) is 11.9. The van der Waals surface area contributed by atoms with Crippen molar-refractivity contribution in [1.82, 2.24) is 5.32 Å². The van der Waals surface area contributed by atoms with E-state index in [4.69, 9.17) is 4.74 Å². The average molecular weight is 236 g/mol. The first-order valence-electron chi connectivity index (χ1n) is 5.78. The van der Waals surface area contributed by atoms with E-state index in [0.29, 0.717) is 18.4 Å². The molecule has 0 spiro atoms. The Morgan fingerprint density at radius 1 is 1.59 bits per heavy atom. The Hall–Kier alpha value is -1.62. The topological polar surface area (TPSA) is 64.4 Å². The molecule has 1 aromatic rings. The van der Waals surface area contributed by atoms with E-state index in [1.54, 1.807) is 6.07 Å². The maximum absolute atomic E-state index is 10.9. The fourth-order valence-corrected chi connectivity index (χ4v) is 2.05. The van der Waals surface area contributed by atoms with Crippen LogP contribution in [0.5, 0.6) is 5.75 Å². The zero-order chi connectivity index (χ0) is 12.3. The summed E-state index contributed by atoms with van der Waals surface area (Å²) >= 11 is 0. The van der Waals surface area contributed by atoms with Gasteiger partial charge < -0.3 is 10.1 Å². The van der Waals surface area contributed by atoms with E-state index in [0.717, 1.165) is 24.9 Å². The van der Waals surface area contributed by atoms with Crippen molar-refractivity contribution < 1.29 is 9.66 Å². The summed E-state index contributed by atoms with van der Waals surface area (Å²) in [6.45, 7) is 3.32. The summed E-state index contributed by atoms with van der Waals surface area (Å²) in [5, 5.41) is 14.2. The monoisotopic (exact) mass is 236 g/mol. The van der Waals surface area contributed by atoms with E-state index < -0.39 is 4.92 Å². The summed E-state index contributed by atoms with van der Waals surface area (Å²) in [6, 6.07) is 5.29. The highest BCUT2D eigenvalue weighted by Gasteiger charge is 2.20. The number of aryl methyl sites for hydroxylation is 1. The van der Waals surface area contributed by atoms with Crippen LogP contribution < -0.4 is 10.1 Å². The quantitative estimate of drug-likeness (QED) is 0.641. The number of nitrogens with zero attached hydrogens (tertiary/aromatic N) is 1. The summed E-state index contributed by atoms with van der Waals surface area (Å²) in [5.41, 5.74) is 0.847. The lowest BCUT2D eigenvalue weighted by Gasteiger charge is -2.13. The molecule has 0 aliphatic carbocycles. The number of hydrogen-bond donors (Lipinski definition) is 1. The van der Waals surface area contributed by atoms with Gasteiger partial charge in [-0.05, 0) is 31.9 Å². The number of nitro groups is 1. The summed E-state index contributed by atoms with van der Waals surface area (Å²) in [4.78, 5) is 10.5. The van der Waals surface area contributed by atoms with Crippen molar-refractivity contribution in [3.63, 3.8) is 0 Å². The van der Waals surface area contributed by atoms with Crippen molar-refractivity contribution in [2.45, 2.75) is 25.8 Å². The van der Waals surface area contributed by atoms with Gasteiger partial charge in [-0.15, -0.1) is 0 Å². The van der Waals surface area contributed by atoms with E-state index in [1.807, 2.05) is 13.0 Å². The minimum absolute atomic E-state index is 0.0444. The summed E-state index contributed by atoms with van der Waals surface area (Å²) in [6.07, 6.45) is 2.21. The lowest BCUT2D eigenvalue weighted by molar-refractivity contribution is -0.385. The fraction of sp³-hybridized carbons (Fsp3) is 0.500. The zero-order valence-corrected chi connectivity index (χ0v) is 9.81. The first-order valence-corrected chi connectivity index (χ1v) is 5.78. The average Bonchev–Trinajstić information content (AvgIpc) is 2.80. The van der Waals surface area contributed by atoms with E-state index in [2.05, 4.69) is 5.32 Å². The molecule has 0 saturated carbocycles. The summed E-state index contributed by atoms with van der Waals surface area (Å²) < 4.78 is 5.61. The molecule has 92 valence electrons. The fourth-order valence-electron chi connectivity index (χ4n) is 2.05. The Labute approximate surface area is 99.9 Å².